The van der Waals surface area contributed by atoms with Crippen LogP contribution in [-0.4, -0.2) is 34.1 Å². The molecule has 2 rings (SSSR count). The van der Waals surface area contributed by atoms with E-state index in [9.17, 15) is 4.79 Å². The average Bonchev–Trinajstić information content (AvgIpc) is 2.30. The van der Waals surface area contributed by atoms with Crippen LogP contribution in [0.3, 0.4) is 0 Å². The minimum absolute atomic E-state index is 0.117. The fourth-order valence-electron chi connectivity index (χ4n) is 1.42. The predicted octanol–water partition coefficient (Wildman–Crippen LogP) is 0.941. The number of rotatable bonds is 2. The van der Waals surface area contributed by atoms with Crippen molar-refractivity contribution >= 4 is 11.9 Å². The van der Waals surface area contributed by atoms with Gasteiger partial charge in [0.25, 0.3) is 0 Å². The Morgan fingerprint density at radius 2 is 2.07 bits per heavy atom. The lowest BCUT2D eigenvalue weighted by Crippen LogP contribution is -2.28. The highest BCUT2D eigenvalue weighted by molar-refractivity contribution is 5.86. The second-order valence-corrected chi connectivity index (χ2v) is 3.28. The number of hydrogen-bond acceptors (Lipinski definition) is 4. The minimum Gasteiger partial charge on any atom is -0.478 e. The Balaban J connectivity index is 2.16. The third kappa shape index (κ3) is 2.12. The quantitative estimate of drug-likeness (QED) is 0.728. The van der Waals surface area contributed by atoms with Gasteiger partial charge in [0.2, 0.25) is 5.95 Å². The van der Waals surface area contributed by atoms with Gasteiger partial charge in [-0.2, -0.15) is 0 Å². The summed E-state index contributed by atoms with van der Waals surface area (Å²) in [7, 11) is 0. The van der Waals surface area contributed by atoms with Gasteiger partial charge in [-0.05, 0) is 6.42 Å². The number of carboxylic acids is 1. The van der Waals surface area contributed by atoms with Crippen LogP contribution in [0.5, 0.6) is 0 Å². The summed E-state index contributed by atoms with van der Waals surface area (Å²) in [4.78, 5) is 20.6. The van der Waals surface area contributed by atoms with Gasteiger partial charge < -0.3 is 10.0 Å². The van der Waals surface area contributed by atoms with Crippen molar-refractivity contribution in [2.45, 2.75) is 6.42 Å². The molecule has 2 heterocycles. The maximum Gasteiger partial charge on any atom is 0.338 e. The summed E-state index contributed by atoms with van der Waals surface area (Å²) in [6.45, 7) is 1.66. The molecule has 0 radical (unpaired) electrons. The highest BCUT2D eigenvalue weighted by Gasteiger charge is 2.11. The molecule has 1 aliphatic heterocycles. The number of carboxylic acid groups (broad SMARTS) is 1. The second-order valence-electron chi connectivity index (χ2n) is 3.28. The molecule has 15 heavy (non-hydrogen) atoms. The molecule has 0 bridgehead atoms. The van der Waals surface area contributed by atoms with Gasteiger partial charge in [0.1, 0.15) is 0 Å². The summed E-state index contributed by atoms with van der Waals surface area (Å²) in [6.07, 6.45) is 7.82. The van der Waals surface area contributed by atoms with E-state index in [4.69, 9.17) is 5.11 Å². The summed E-state index contributed by atoms with van der Waals surface area (Å²) >= 11 is 0. The van der Waals surface area contributed by atoms with E-state index in [-0.39, 0.29) is 5.56 Å². The summed E-state index contributed by atoms with van der Waals surface area (Å²) in [5.41, 5.74) is 0.117. The van der Waals surface area contributed by atoms with Crippen LogP contribution in [0.1, 0.15) is 16.8 Å². The summed E-state index contributed by atoms with van der Waals surface area (Å²) in [6, 6.07) is 0. The summed E-state index contributed by atoms with van der Waals surface area (Å²) in [5, 5.41) is 8.68. The van der Waals surface area contributed by atoms with Gasteiger partial charge in [-0.25, -0.2) is 14.8 Å². The number of anilines is 1. The average molecular weight is 205 g/mol. The lowest BCUT2D eigenvalue weighted by atomic mass is 10.2. The lowest BCUT2D eigenvalue weighted by molar-refractivity contribution is 0.0696. The zero-order chi connectivity index (χ0) is 10.7. The number of aromatic nitrogens is 2. The van der Waals surface area contributed by atoms with Crippen molar-refractivity contribution in [3.8, 4) is 0 Å². The van der Waals surface area contributed by atoms with Crippen LogP contribution in [0, 0.1) is 0 Å². The first-order chi connectivity index (χ1) is 7.27. The third-order valence-corrected chi connectivity index (χ3v) is 2.23. The van der Waals surface area contributed by atoms with E-state index in [1.54, 1.807) is 0 Å². The molecular formula is C10H11N3O2. The standard InChI is InChI=1S/C10H11N3O2/c14-9(15)8-6-11-10(12-7-8)13-4-2-1-3-5-13/h1-2,6-7H,3-5H2,(H,14,15). The Hall–Kier alpha value is -1.91. The predicted molar refractivity (Wildman–Crippen MR) is 55.0 cm³/mol. The van der Waals surface area contributed by atoms with Gasteiger partial charge in [-0.15, -0.1) is 0 Å². The SMILES string of the molecule is O=C(O)c1cnc(N2CC=CCC2)nc1. The maximum absolute atomic E-state index is 10.6. The fraction of sp³-hybridized carbons (Fsp3) is 0.300. The molecule has 1 aromatic rings. The van der Waals surface area contributed by atoms with E-state index in [0.717, 1.165) is 19.5 Å². The Labute approximate surface area is 87.1 Å². The summed E-state index contributed by atoms with van der Waals surface area (Å²) < 4.78 is 0. The maximum atomic E-state index is 10.6. The number of nitrogens with zero attached hydrogens (tertiary/aromatic N) is 3. The van der Waals surface area contributed by atoms with Crippen molar-refractivity contribution in [3.05, 3.63) is 30.1 Å². The van der Waals surface area contributed by atoms with E-state index in [1.165, 1.54) is 12.4 Å². The molecule has 5 nitrogen and oxygen atoms in total. The molecule has 0 spiro atoms. The molecule has 5 heteroatoms. The zero-order valence-corrected chi connectivity index (χ0v) is 8.13. The minimum atomic E-state index is -1.000. The van der Waals surface area contributed by atoms with E-state index in [1.807, 2.05) is 4.90 Å². The van der Waals surface area contributed by atoms with Crippen molar-refractivity contribution in [2.75, 3.05) is 18.0 Å². The second kappa shape index (κ2) is 4.08. The van der Waals surface area contributed by atoms with Crippen LogP contribution < -0.4 is 4.90 Å². The van der Waals surface area contributed by atoms with Gasteiger partial charge in [-0.1, -0.05) is 12.2 Å². The van der Waals surface area contributed by atoms with E-state index in [2.05, 4.69) is 22.1 Å². The molecule has 0 fully saturated rings. The number of aromatic carboxylic acids is 1. The highest BCUT2D eigenvalue weighted by Crippen LogP contribution is 2.10. The van der Waals surface area contributed by atoms with Crippen molar-refractivity contribution < 1.29 is 9.90 Å². The van der Waals surface area contributed by atoms with Gasteiger partial charge in [0.05, 0.1) is 5.56 Å². The Kier molecular flexibility index (Phi) is 2.62. The molecule has 1 aromatic heterocycles. The van der Waals surface area contributed by atoms with Crippen LogP contribution in [0.2, 0.25) is 0 Å². The lowest BCUT2D eigenvalue weighted by Gasteiger charge is -2.22. The van der Waals surface area contributed by atoms with Crippen LogP contribution in [0.4, 0.5) is 5.95 Å². The third-order valence-electron chi connectivity index (χ3n) is 2.23. The first-order valence-corrected chi connectivity index (χ1v) is 4.72. The van der Waals surface area contributed by atoms with E-state index >= 15 is 0 Å². The van der Waals surface area contributed by atoms with Crippen molar-refractivity contribution in [3.63, 3.8) is 0 Å². The van der Waals surface area contributed by atoms with Crippen molar-refractivity contribution in [1.82, 2.24) is 9.97 Å². The van der Waals surface area contributed by atoms with Crippen molar-refractivity contribution in [1.29, 1.82) is 0 Å². The number of carbonyl (C=O) groups is 1. The van der Waals surface area contributed by atoms with Crippen LogP contribution in [-0.2, 0) is 0 Å². The van der Waals surface area contributed by atoms with Gasteiger partial charge in [0.15, 0.2) is 0 Å². The molecule has 0 saturated carbocycles. The molecule has 0 unspecified atom stereocenters. The molecule has 1 aliphatic rings. The Bertz CT molecular complexity index is 386. The molecule has 1 N–H and O–H groups in total. The van der Waals surface area contributed by atoms with Crippen LogP contribution >= 0.6 is 0 Å². The fourth-order valence-corrected chi connectivity index (χ4v) is 1.42. The molecular weight excluding hydrogens is 194 g/mol. The molecule has 0 aliphatic carbocycles. The Morgan fingerprint density at radius 3 is 2.60 bits per heavy atom. The molecule has 0 saturated heterocycles. The van der Waals surface area contributed by atoms with Gasteiger partial charge in [0, 0.05) is 25.5 Å². The summed E-state index contributed by atoms with van der Waals surface area (Å²) in [5.74, 6) is -0.413. The molecule has 78 valence electrons. The molecule has 0 atom stereocenters. The topological polar surface area (TPSA) is 66.3 Å². The van der Waals surface area contributed by atoms with Crippen molar-refractivity contribution in [2.24, 2.45) is 0 Å². The van der Waals surface area contributed by atoms with Gasteiger partial charge >= 0.3 is 5.97 Å². The monoisotopic (exact) mass is 205 g/mol. The van der Waals surface area contributed by atoms with Crippen LogP contribution in [0.15, 0.2) is 24.5 Å². The molecule has 0 amide bonds. The zero-order valence-electron chi connectivity index (χ0n) is 8.13. The first-order valence-electron chi connectivity index (χ1n) is 4.72. The van der Waals surface area contributed by atoms with Crippen LogP contribution in [0.25, 0.3) is 0 Å². The Morgan fingerprint density at radius 1 is 1.33 bits per heavy atom. The smallest absolute Gasteiger partial charge is 0.338 e. The van der Waals surface area contributed by atoms with E-state index < -0.39 is 5.97 Å². The first kappa shape index (κ1) is 9.64. The largest absolute Gasteiger partial charge is 0.478 e. The molecule has 0 aromatic carbocycles. The normalized spacial score (nSPS) is 15.3. The number of hydrogen-bond donors (Lipinski definition) is 1. The van der Waals surface area contributed by atoms with E-state index in [0.29, 0.717) is 5.95 Å². The van der Waals surface area contributed by atoms with Gasteiger partial charge in [-0.3, -0.25) is 0 Å². The highest BCUT2D eigenvalue weighted by atomic mass is 16.4.